The summed E-state index contributed by atoms with van der Waals surface area (Å²) in [5, 5.41) is 0. The molecule has 3 nitrogen and oxygen atoms in total. The molecule has 0 radical (unpaired) electrons. The molecule has 5 atom stereocenters. The van der Waals surface area contributed by atoms with E-state index < -0.39 is 0 Å². The van der Waals surface area contributed by atoms with E-state index in [0.29, 0.717) is 11.8 Å². The van der Waals surface area contributed by atoms with Crippen molar-refractivity contribution >= 4 is 0 Å². The summed E-state index contributed by atoms with van der Waals surface area (Å²) in [6.07, 6.45) is 8.73. The Bertz CT molecular complexity index is 366. The zero-order chi connectivity index (χ0) is 13.0. The Kier molecular flexibility index (Phi) is 2.68. The predicted molar refractivity (Wildman–Crippen MR) is 73.1 cm³/mol. The molecule has 1 aliphatic heterocycles. The lowest BCUT2D eigenvalue weighted by molar-refractivity contribution is -0.0253. The van der Waals surface area contributed by atoms with Crippen molar-refractivity contribution in [2.75, 3.05) is 6.61 Å². The first-order valence-electron chi connectivity index (χ1n) is 7.36. The molecule has 1 spiro atoms. The van der Waals surface area contributed by atoms with Crippen LogP contribution in [0.15, 0.2) is 12.7 Å². The molecular weight excluding hydrogens is 224 g/mol. The fourth-order valence-electron chi connectivity index (χ4n) is 5.01. The van der Waals surface area contributed by atoms with Crippen LogP contribution >= 0.6 is 0 Å². The first-order valence-corrected chi connectivity index (χ1v) is 7.36. The summed E-state index contributed by atoms with van der Waals surface area (Å²) in [5.41, 5.74) is 13.0. The molecule has 0 aromatic rings. The van der Waals surface area contributed by atoms with Gasteiger partial charge in [-0.2, -0.15) is 0 Å². The van der Waals surface area contributed by atoms with Gasteiger partial charge in [-0.1, -0.05) is 25.8 Å². The Morgan fingerprint density at radius 1 is 1.39 bits per heavy atom. The summed E-state index contributed by atoms with van der Waals surface area (Å²) in [6, 6.07) is 0. The van der Waals surface area contributed by atoms with Crippen LogP contribution < -0.4 is 11.5 Å². The van der Waals surface area contributed by atoms with E-state index in [4.69, 9.17) is 16.2 Å². The van der Waals surface area contributed by atoms with Gasteiger partial charge in [0.2, 0.25) is 0 Å². The maximum atomic E-state index is 6.79. The second-order valence-electron chi connectivity index (χ2n) is 6.73. The van der Waals surface area contributed by atoms with E-state index in [1.54, 1.807) is 0 Å². The molecule has 3 heteroatoms. The average molecular weight is 250 g/mol. The average Bonchev–Trinajstić information content (AvgIpc) is 3.08. The molecule has 102 valence electrons. The standard InChI is InChI=1S/C15H26N2O/c1-3-11-14(10-18-14)9-13(16)8-6-5-7-12(13)15(11,17)4-2/h4,11-12H,2-3,5-10,16-17H2,1H3. The van der Waals surface area contributed by atoms with Crippen molar-refractivity contribution in [2.45, 2.75) is 62.1 Å². The number of nitrogens with two attached hydrogens (primary N) is 2. The Morgan fingerprint density at radius 3 is 2.67 bits per heavy atom. The monoisotopic (exact) mass is 250 g/mol. The zero-order valence-corrected chi connectivity index (χ0v) is 11.5. The molecule has 3 rings (SSSR count). The molecule has 0 amide bonds. The zero-order valence-electron chi connectivity index (χ0n) is 11.5. The first-order chi connectivity index (χ1) is 8.51. The van der Waals surface area contributed by atoms with Crippen LogP contribution in [0, 0.1) is 11.8 Å². The van der Waals surface area contributed by atoms with Crippen molar-refractivity contribution in [1.82, 2.24) is 0 Å². The maximum absolute atomic E-state index is 6.79. The molecule has 3 aliphatic rings. The number of fused-ring (bicyclic) bond motifs is 1. The van der Waals surface area contributed by atoms with Gasteiger partial charge in [0.15, 0.2) is 0 Å². The Morgan fingerprint density at radius 2 is 2.11 bits per heavy atom. The van der Waals surface area contributed by atoms with Gasteiger partial charge in [0.1, 0.15) is 0 Å². The lowest BCUT2D eigenvalue weighted by Crippen LogP contribution is -2.72. The lowest BCUT2D eigenvalue weighted by Gasteiger charge is -2.58. The van der Waals surface area contributed by atoms with Crippen LogP contribution in [0.25, 0.3) is 0 Å². The van der Waals surface area contributed by atoms with Crippen LogP contribution in [0.5, 0.6) is 0 Å². The van der Waals surface area contributed by atoms with Gasteiger partial charge in [-0.05, 0) is 31.6 Å². The smallest absolute Gasteiger partial charge is 0.0982 e. The third kappa shape index (κ3) is 1.47. The summed E-state index contributed by atoms with van der Waals surface area (Å²) in [7, 11) is 0. The van der Waals surface area contributed by atoms with Crippen LogP contribution in [0.2, 0.25) is 0 Å². The van der Waals surface area contributed by atoms with E-state index in [0.717, 1.165) is 32.3 Å². The number of epoxide rings is 1. The number of rotatable bonds is 2. The minimum absolute atomic E-state index is 0.0414. The molecule has 2 saturated carbocycles. The minimum Gasteiger partial charge on any atom is -0.369 e. The fraction of sp³-hybridized carbons (Fsp3) is 0.867. The van der Waals surface area contributed by atoms with Crippen LogP contribution in [0.1, 0.15) is 45.4 Å². The van der Waals surface area contributed by atoms with Crippen molar-refractivity contribution in [3.8, 4) is 0 Å². The maximum Gasteiger partial charge on any atom is 0.0982 e. The van der Waals surface area contributed by atoms with Gasteiger partial charge in [-0.15, -0.1) is 6.58 Å². The van der Waals surface area contributed by atoms with E-state index in [9.17, 15) is 0 Å². The largest absolute Gasteiger partial charge is 0.369 e. The van der Waals surface area contributed by atoms with Gasteiger partial charge in [0.25, 0.3) is 0 Å². The molecule has 18 heavy (non-hydrogen) atoms. The van der Waals surface area contributed by atoms with Crippen LogP contribution in [0.3, 0.4) is 0 Å². The summed E-state index contributed by atoms with van der Waals surface area (Å²) in [6.45, 7) is 7.08. The van der Waals surface area contributed by atoms with E-state index in [1.165, 1.54) is 12.8 Å². The second-order valence-corrected chi connectivity index (χ2v) is 6.73. The predicted octanol–water partition coefficient (Wildman–Crippen LogP) is 1.96. The van der Waals surface area contributed by atoms with E-state index in [-0.39, 0.29) is 16.7 Å². The van der Waals surface area contributed by atoms with Crippen molar-refractivity contribution < 1.29 is 4.74 Å². The van der Waals surface area contributed by atoms with Gasteiger partial charge in [0.05, 0.1) is 12.2 Å². The van der Waals surface area contributed by atoms with Gasteiger partial charge >= 0.3 is 0 Å². The number of hydrogen-bond donors (Lipinski definition) is 2. The molecule has 1 saturated heterocycles. The molecule has 4 N–H and O–H groups in total. The van der Waals surface area contributed by atoms with E-state index in [1.807, 2.05) is 6.08 Å². The third-order valence-electron chi connectivity index (χ3n) is 5.83. The summed E-state index contributed by atoms with van der Waals surface area (Å²) in [4.78, 5) is 0. The summed E-state index contributed by atoms with van der Waals surface area (Å²) >= 11 is 0. The molecule has 3 fully saturated rings. The van der Waals surface area contributed by atoms with Crippen molar-refractivity contribution in [1.29, 1.82) is 0 Å². The molecule has 0 aromatic heterocycles. The third-order valence-corrected chi connectivity index (χ3v) is 5.83. The highest BCUT2D eigenvalue weighted by Crippen LogP contribution is 2.59. The molecule has 1 heterocycles. The van der Waals surface area contributed by atoms with Crippen LogP contribution in [-0.2, 0) is 4.74 Å². The SMILES string of the molecule is C=CC1(N)C2CCCCC2(N)CC2(CO2)C1CC. The molecule has 0 bridgehead atoms. The number of ether oxygens (including phenoxy) is 1. The van der Waals surface area contributed by atoms with Crippen molar-refractivity contribution in [2.24, 2.45) is 23.3 Å². The van der Waals surface area contributed by atoms with E-state index in [2.05, 4.69) is 13.5 Å². The van der Waals surface area contributed by atoms with Gasteiger partial charge in [-0.25, -0.2) is 0 Å². The van der Waals surface area contributed by atoms with Crippen molar-refractivity contribution in [3.63, 3.8) is 0 Å². The highest BCUT2D eigenvalue weighted by atomic mass is 16.6. The summed E-state index contributed by atoms with van der Waals surface area (Å²) < 4.78 is 5.84. The van der Waals surface area contributed by atoms with Crippen molar-refractivity contribution in [3.05, 3.63) is 12.7 Å². The number of hydrogen-bond acceptors (Lipinski definition) is 3. The highest BCUT2D eigenvalue weighted by Gasteiger charge is 2.67. The van der Waals surface area contributed by atoms with Gasteiger partial charge < -0.3 is 16.2 Å². The lowest BCUT2D eigenvalue weighted by atomic mass is 9.50. The topological polar surface area (TPSA) is 64.6 Å². The second kappa shape index (κ2) is 3.81. The van der Waals surface area contributed by atoms with E-state index >= 15 is 0 Å². The Labute approximate surface area is 110 Å². The first kappa shape index (κ1) is 12.6. The Balaban J connectivity index is 2.03. The summed E-state index contributed by atoms with van der Waals surface area (Å²) in [5.74, 6) is 0.748. The molecular formula is C15H26N2O. The minimum atomic E-state index is -0.349. The highest BCUT2D eigenvalue weighted by molar-refractivity contribution is 5.27. The quantitative estimate of drug-likeness (QED) is 0.581. The van der Waals surface area contributed by atoms with Gasteiger partial charge in [-0.3, -0.25) is 0 Å². The molecule has 2 aliphatic carbocycles. The molecule has 5 unspecified atom stereocenters. The normalized spacial score (nSPS) is 55.1. The van der Waals surface area contributed by atoms with Crippen LogP contribution in [0.4, 0.5) is 0 Å². The van der Waals surface area contributed by atoms with Gasteiger partial charge in [0, 0.05) is 17.0 Å². The van der Waals surface area contributed by atoms with Crippen LogP contribution in [-0.4, -0.2) is 23.3 Å². The fourth-order valence-corrected chi connectivity index (χ4v) is 5.01. The Hall–Kier alpha value is -0.380. The molecule has 0 aromatic carbocycles.